The minimum absolute atomic E-state index is 0.0253. The first-order valence-corrected chi connectivity index (χ1v) is 12.5. The van der Waals surface area contributed by atoms with Crippen LogP contribution in [0.25, 0.3) is 10.9 Å². The van der Waals surface area contributed by atoms with E-state index in [0.29, 0.717) is 18.4 Å². The van der Waals surface area contributed by atoms with E-state index in [-0.39, 0.29) is 31.6 Å². The number of nitrogens with one attached hydrogen (secondary N) is 3. The first-order chi connectivity index (χ1) is 17.6. The van der Waals surface area contributed by atoms with E-state index in [4.69, 9.17) is 10.8 Å². The van der Waals surface area contributed by atoms with Gasteiger partial charge in [-0.15, -0.1) is 0 Å². The van der Waals surface area contributed by atoms with Crippen LogP contribution in [0.2, 0.25) is 0 Å². The molecule has 0 spiro atoms. The summed E-state index contributed by atoms with van der Waals surface area (Å²) in [6, 6.07) is 3.06. The van der Waals surface area contributed by atoms with E-state index >= 15 is 0 Å². The maximum atomic E-state index is 13.0. The van der Waals surface area contributed by atoms with Crippen molar-refractivity contribution >= 4 is 53.2 Å². The van der Waals surface area contributed by atoms with Gasteiger partial charge < -0.3 is 36.5 Å². The fourth-order valence-electron chi connectivity index (χ4n) is 4.37. The smallest absolute Gasteiger partial charge is 0.326 e. The number of carbonyl (C=O) groups is 5. The highest BCUT2D eigenvalue weighted by Gasteiger charge is 2.37. The molecule has 200 valence electrons. The number of rotatable bonds is 12. The van der Waals surface area contributed by atoms with Gasteiger partial charge in [0.05, 0.1) is 6.04 Å². The Hall–Kier alpha value is -3.58. The van der Waals surface area contributed by atoms with Gasteiger partial charge in [-0.3, -0.25) is 19.2 Å². The number of benzene rings is 1. The number of aliphatic carboxylic acids is 2. The number of nitrogens with zero attached hydrogens (tertiary/aromatic N) is 1. The van der Waals surface area contributed by atoms with Crippen molar-refractivity contribution in [1.29, 1.82) is 0 Å². The van der Waals surface area contributed by atoms with Crippen molar-refractivity contribution in [1.82, 2.24) is 20.5 Å². The summed E-state index contributed by atoms with van der Waals surface area (Å²) in [6.07, 6.45) is 2.27. The zero-order valence-electron chi connectivity index (χ0n) is 20.1. The van der Waals surface area contributed by atoms with Gasteiger partial charge in [-0.1, -0.05) is 18.2 Å². The zero-order chi connectivity index (χ0) is 27.1. The normalized spacial score (nSPS) is 17.7. The second-order valence-corrected chi connectivity index (χ2v) is 9.30. The summed E-state index contributed by atoms with van der Waals surface area (Å²) in [6.45, 7) is 0.279. The number of carbonyl (C=O) groups excluding carboxylic acids is 3. The Morgan fingerprint density at radius 2 is 1.86 bits per heavy atom. The van der Waals surface area contributed by atoms with Crippen LogP contribution in [-0.2, 0) is 30.4 Å². The van der Waals surface area contributed by atoms with Crippen LogP contribution in [-0.4, -0.2) is 86.2 Å². The van der Waals surface area contributed by atoms with Gasteiger partial charge in [0.25, 0.3) is 0 Å². The lowest BCUT2D eigenvalue weighted by Crippen LogP contribution is -2.57. The number of nitrogens with two attached hydrogens (primary N) is 1. The average Bonchev–Trinajstić information content (AvgIpc) is 3.52. The fraction of sp³-hybridized carbons (Fsp3) is 0.458. The van der Waals surface area contributed by atoms with E-state index in [1.807, 2.05) is 24.3 Å². The summed E-state index contributed by atoms with van der Waals surface area (Å²) in [5.74, 6) is -4.25. The number of carboxylic acid groups (broad SMARTS) is 2. The van der Waals surface area contributed by atoms with E-state index in [2.05, 4.69) is 28.2 Å². The molecule has 3 rings (SSSR count). The van der Waals surface area contributed by atoms with Gasteiger partial charge in [-0.05, 0) is 30.9 Å². The minimum atomic E-state index is -1.25. The number of carboxylic acids is 2. The summed E-state index contributed by atoms with van der Waals surface area (Å²) in [7, 11) is 0. The van der Waals surface area contributed by atoms with Gasteiger partial charge in [0.2, 0.25) is 17.7 Å². The van der Waals surface area contributed by atoms with E-state index in [1.165, 1.54) is 4.90 Å². The van der Waals surface area contributed by atoms with Gasteiger partial charge in [0.1, 0.15) is 18.1 Å². The van der Waals surface area contributed by atoms with Gasteiger partial charge in [-0.25, -0.2) is 4.79 Å². The number of amides is 3. The average molecular weight is 534 g/mol. The molecule has 12 nitrogen and oxygen atoms in total. The van der Waals surface area contributed by atoms with Crippen LogP contribution < -0.4 is 16.4 Å². The number of likely N-dealkylation sites (tertiary alicyclic amines) is 1. The number of hydrogen-bond acceptors (Lipinski definition) is 7. The number of para-hydroxylation sites is 1. The van der Waals surface area contributed by atoms with Crippen molar-refractivity contribution < 1.29 is 34.2 Å². The number of fused-ring (bicyclic) bond motifs is 1. The highest BCUT2D eigenvalue weighted by Crippen LogP contribution is 2.21. The van der Waals surface area contributed by atoms with Gasteiger partial charge >= 0.3 is 11.9 Å². The van der Waals surface area contributed by atoms with E-state index < -0.39 is 53.8 Å². The number of H-pyrrole nitrogens is 1. The van der Waals surface area contributed by atoms with Crippen molar-refractivity contribution in [3.8, 4) is 0 Å². The van der Waals surface area contributed by atoms with E-state index in [9.17, 15) is 29.1 Å². The molecular weight excluding hydrogens is 502 g/mol. The first-order valence-electron chi connectivity index (χ1n) is 11.9. The molecule has 4 atom stereocenters. The third-order valence-electron chi connectivity index (χ3n) is 6.35. The summed E-state index contributed by atoms with van der Waals surface area (Å²) in [4.78, 5) is 65.6. The highest BCUT2D eigenvalue weighted by atomic mass is 32.1. The Balaban J connectivity index is 1.63. The molecule has 0 saturated carbocycles. The molecule has 13 heteroatoms. The maximum absolute atomic E-state index is 13.0. The Labute approximate surface area is 218 Å². The van der Waals surface area contributed by atoms with Crippen molar-refractivity contribution in [3.63, 3.8) is 0 Å². The summed E-state index contributed by atoms with van der Waals surface area (Å²) >= 11 is 4.14. The third-order valence-corrected chi connectivity index (χ3v) is 6.72. The Kier molecular flexibility index (Phi) is 9.53. The van der Waals surface area contributed by atoms with Crippen LogP contribution in [0.1, 0.15) is 31.2 Å². The highest BCUT2D eigenvalue weighted by molar-refractivity contribution is 7.80. The summed E-state index contributed by atoms with van der Waals surface area (Å²) < 4.78 is 0. The molecule has 37 heavy (non-hydrogen) atoms. The molecule has 1 fully saturated rings. The molecule has 2 heterocycles. The van der Waals surface area contributed by atoms with Crippen LogP contribution in [0, 0.1) is 0 Å². The SMILES string of the molecule is NC(CCC(=O)O)C(=O)N1CCCC1C(=O)NC(CS)C(=O)NC(Cc1c[nH]c2ccccc12)C(=O)O. The van der Waals surface area contributed by atoms with Crippen LogP contribution in [0.5, 0.6) is 0 Å². The molecule has 3 amide bonds. The lowest BCUT2D eigenvalue weighted by atomic mass is 10.0. The second kappa shape index (κ2) is 12.6. The molecule has 2 aromatic rings. The fourth-order valence-corrected chi connectivity index (χ4v) is 4.63. The van der Waals surface area contributed by atoms with Crippen LogP contribution in [0.15, 0.2) is 30.5 Å². The number of aromatic amines is 1. The number of thiol groups is 1. The van der Waals surface area contributed by atoms with E-state index in [0.717, 1.165) is 10.9 Å². The summed E-state index contributed by atoms with van der Waals surface area (Å²) in [5, 5.41) is 24.4. The molecule has 1 aliphatic heterocycles. The molecule has 1 aromatic carbocycles. The lowest BCUT2D eigenvalue weighted by Gasteiger charge is -2.28. The molecular formula is C24H31N5O7S. The number of hydrogen-bond donors (Lipinski definition) is 7. The van der Waals surface area contributed by atoms with Crippen LogP contribution in [0.4, 0.5) is 0 Å². The molecule has 0 aliphatic carbocycles. The lowest BCUT2D eigenvalue weighted by molar-refractivity contribution is -0.143. The predicted octanol–water partition coefficient (Wildman–Crippen LogP) is -0.122. The first kappa shape index (κ1) is 28.0. The van der Waals surface area contributed by atoms with Crippen molar-refractivity contribution in [2.45, 2.75) is 56.3 Å². The Morgan fingerprint density at radius 3 is 2.54 bits per heavy atom. The Morgan fingerprint density at radius 1 is 1.14 bits per heavy atom. The second-order valence-electron chi connectivity index (χ2n) is 8.94. The van der Waals surface area contributed by atoms with Gasteiger partial charge in [0.15, 0.2) is 0 Å². The third kappa shape index (κ3) is 7.01. The molecule has 0 bridgehead atoms. The van der Waals surface area contributed by atoms with Crippen LogP contribution in [0.3, 0.4) is 0 Å². The van der Waals surface area contributed by atoms with Crippen molar-refractivity contribution in [2.75, 3.05) is 12.3 Å². The topological polar surface area (TPSA) is 195 Å². The number of aromatic nitrogens is 1. The van der Waals surface area contributed by atoms with Crippen LogP contribution >= 0.6 is 12.6 Å². The molecule has 1 saturated heterocycles. The van der Waals surface area contributed by atoms with Gasteiger partial charge in [-0.2, -0.15) is 12.6 Å². The molecule has 7 N–H and O–H groups in total. The maximum Gasteiger partial charge on any atom is 0.326 e. The quantitative estimate of drug-likeness (QED) is 0.183. The molecule has 0 radical (unpaired) electrons. The largest absolute Gasteiger partial charge is 0.481 e. The molecule has 1 aromatic heterocycles. The van der Waals surface area contributed by atoms with Gasteiger partial charge in [0, 0.05) is 42.2 Å². The zero-order valence-corrected chi connectivity index (χ0v) is 20.9. The molecule has 1 aliphatic rings. The van der Waals surface area contributed by atoms with Crippen molar-refractivity contribution in [2.24, 2.45) is 5.73 Å². The Bertz CT molecular complexity index is 1170. The summed E-state index contributed by atoms with van der Waals surface area (Å²) in [5.41, 5.74) is 7.39. The monoisotopic (exact) mass is 533 g/mol. The predicted molar refractivity (Wildman–Crippen MR) is 137 cm³/mol. The molecule has 4 unspecified atom stereocenters. The van der Waals surface area contributed by atoms with E-state index in [1.54, 1.807) is 6.20 Å². The van der Waals surface area contributed by atoms with Crippen molar-refractivity contribution in [3.05, 3.63) is 36.0 Å². The standard InChI is InChI=1S/C24H31N5O7S/c25-15(7-8-20(30)31)23(34)29-9-3-6-19(29)22(33)28-18(12-37)21(32)27-17(24(35)36)10-13-11-26-16-5-2-1-4-14(13)16/h1-2,4-5,11,15,17-19,26,37H,3,6-10,12,25H2,(H,27,32)(H,28,33)(H,30,31)(H,35,36). The minimum Gasteiger partial charge on any atom is -0.481 e.